The molecular weight excluding hydrogens is 306 g/mol. The molecule has 7 nitrogen and oxygen atoms in total. The zero-order valence-corrected chi connectivity index (χ0v) is 13.0. The predicted octanol–water partition coefficient (Wildman–Crippen LogP) is 2.31. The van der Waals surface area contributed by atoms with Crippen molar-refractivity contribution in [2.45, 2.75) is 25.2 Å². The Bertz CT molecular complexity index is 836. The first-order valence-electron chi connectivity index (χ1n) is 8.00. The molecule has 1 fully saturated rings. The van der Waals surface area contributed by atoms with Gasteiger partial charge in [0.1, 0.15) is 17.7 Å². The molecule has 2 heterocycles. The van der Waals surface area contributed by atoms with Crippen LogP contribution in [-0.2, 0) is 6.42 Å². The van der Waals surface area contributed by atoms with Gasteiger partial charge in [0.05, 0.1) is 5.69 Å². The highest BCUT2D eigenvalue weighted by Crippen LogP contribution is 2.40. The second-order valence-electron chi connectivity index (χ2n) is 5.87. The molecule has 1 aliphatic rings. The van der Waals surface area contributed by atoms with Gasteiger partial charge in [-0.15, -0.1) is 0 Å². The van der Waals surface area contributed by atoms with Crippen molar-refractivity contribution in [3.05, 3.63) is 53.7 Å². The zero-order chi connectivity index (χ0) is 16.4. The van der Waals surface area contributed by atoms with Gasteiger partial charge in [-0.2, -0.15) is 5.10 Å². The fourth-order valence-electron chi connectivity index (χ4n) is 2.58. The smallest absolute Gasteiger partial charge is 0.256 e. The fourth-order valence-corrected chi connectivity index (χ4v) is 2.58. The van der Waals surface area contributed by atoms with E-state index >= 15 is 0 Å². The van der Waals surface area contributed by atoms with Gasteiger partial charge in [0.25, 0.3) is 5.91 Å². The van der Waals surface area contributed by atoms with Crippen LogP contribution in [0.4, 0.5) is 0 Å². The molecule has 0 aliphatic heterocycles. The molecule has 3 aromatic rings. The molecule has 1 amide bonds. The van der Waals surface area contributed by atoms with Crippen molar-refractivity contribution in [3.63, 3.8) is 0 Å². The standard InChI is InChI=1S/C17H17N5O2/c23-17(13-10-24-22-15(13)11-6-7-11)18-9-8-14-19-16(21-20-14)12-4-2-1-3-5-12/h1-5,10-11H,6-9H2,(H,18,23)(H,19,20,21). The van der Waals surface area contributed by atoms with E-state index in [1.165, 1.54) is 6.26 Å². The average molecular weight is 323 g/mol. The van der Waals surface area contributed by atoms with E-state index in [0.29, 0.717) is 30.3 Å². The maximum atomic E-state index is 12.2. The van der Waals surface area contributed by atoms with Crippen molar-refractivity contribution in [2.75, 3.05) is 6.54 Å². The molecule has 7 heteroatoms. The van der Waals surface area contributed by atoms with Crippen LogP contribution in [-0.4, -0.2) is 32.8 Å². The quantitative estimate of drug-likeness (QED) is 0.725. The minimum atomic E-state index is -0.152. The lowest BCUT2D eigenvalue weighted by Gasteiger charge is -2.02. The lowest BCUT2D eigenvalue weighted by atomic mass is 10.1. The van der Waals surface area contributed by atoms with E-state index in [1.807, 2.05) is 30.3 Å². The summed E-state index contributed by atoms with van der Waals surface area (Å²) in [6.45, 7) is 0.470. The number of hydrogen-bond donors (Lipinski definition) is 2. The Hall–Kier alpha value is -2.96. The average Bonchev–Trinajstić information content (AvgIpc) is 3.15. The lowest BCUT2D eigenvalue weighted by molar-refractivity contribution is 0.0952. The van der Waals surface area contributed by atoms with Gasteiger partial charge in [-0.1, -0.05) is 35.5 Å². The number of aromatic nitrogens is 4. The molecule has 1 saturated carbocycles. The summed E-state index contributed by atoms with van der Waals surface area (Å²) >= 11 is 0. The number of H-pyrrole nitrogens is 1. The molecule has 1 aromatic carbocycles. The largest absolute Gasteiger partial charge is 0.364 e. The van der Waals surface area contributed by atoms with Crippen molar-refractivity contribution in [2.24, 2.45) is 0 Å². The number of benzene rings is 1. The molecule has 2 aromatic heterocycles. The molecule has 0 saturated heterocycles. The van der Waals surface area contributed by atoms with Crippen LogP contribution in [0.25, 0.3) is 11.4 Å². The Morgan fingerprint density at radius 2 is 2.12 bits per heavy atom. The van der Waals surface area contributed by atoms with Crippen molar-refractivity contribution >= 4 is 5.91 Å². The second-order valence-corrected chi connectivity index (χ2v) is 5.87. The van der Waals surface area contributed by atoms with E-state index in [9.17, 15) is 4.79 Å². The minimum Gasteiger partial charge on any atom is -0.364 e. The first-order chi connectivity index (χ1) is 11.8. The second kappa shape index (κ2) is 6.27. The molecule has 2 N–H and O–H groups in total. The van der Waals surface area contributed by atoms with E-state index in [0.717, 1.165) is 29.9 Å². The molecular formula is C17H17N5O2. The number of aromatic amines is 1. The molecule has 0 unspecified atom stereocenters. The van der Waals surface area contributed by atoms with E-state index in [1.54, 1.807) is 0 Å². The van der Waals surface area contributed by atoms with Crippen molar-refractivity contribution < 1.29 is 9.32 Å². The Kier molecular flexibility index (Phi) is 3.82. The highest BCUT2D eigenvalue weighted by Gasteiger charge is 2.31. The van der Waals surface area contributed by atoms with Crippen LogP contribution in [0.15, 0.2) is 41.1 Å². The van der Waals surface area contributed by atoms with Gasteiger partial charge >= 0.3 is 0 Å². The van der Waals surface area contributed by atoms with Crippen LogP contribution in [0.5, 0.6) is 0 Å². The summed E-state index contributed by atoms with van der Waals surface area (Å²) in [7, 11) is 0. The summed E-state index contributed by atoms with van der Waals surface area (Å²) < 4.78 is 4.95. The Morgan fingerprint density at radius 1 is 1.29 bits per heavy atom. The third-order valence-electron chi connectivity index (χ3n) is 4.02. The summed E-state index contributed by atoms with van der Waals surface area (Å²) in [5, 5.41) is 13.9. The van der Waals surface area contributed by atoms with Crippen LogP contribution >= 0.6 is 0 Å². The summed E-state index contributed by atoms with van der Waals surface area (Å²) in [6, 6.07) is 9.76. The van der Waals surface area contributed by atoms with Crippen LogP contribution in [0.2, 0.25) is 0 Å². The van der Waals surface area contributed by atoms with Crippen molar-refractivity contribution in [1.29, 1.82) is 0 Å². The Labute approximate surface area is 138 Å². The van der Waals surface area contributed by atoms with Crippen molar-refractivity contribution in [1.82, 2.24) is 25.7 Å². The van der Waals surface area contributed by atoms with E-state index in [-0.39, 0.29) is 5.91 Å². The lowest BCUT2D eigenvalue weighted by Crippen LogP contribution is -2.26. The number of nitrogens with one attached hydrogen (secondary N) is 2. The molecule has 0 bridgehead atoms. The van der Waals surface area contributed by atoms with Gasteiger partial charge < -0.3 is 9.84 Å². The van der Waals surface area contributed by atoms with Gasteiger partial charge in [0.15, 0.2) is 5.82 Å². The number of amides is 1. The normalized spacial score (nSPS) is 13.8. The van der Waals surface area contributed by atoms with Gasteiger partial charge in [-0.3, -0.25) is 9.89 Å². The number of hydrogen-bond acceptors (Lipinski definition) is 5. The predicted molar refractivity (Wildman–Crippen MR) is 86.3 cm³/mol. The SMILES string of the molecule is O=C(NCCc1nc(-c2ccccc2)n[nH]1)c1conc1C1CC1. The van der Waals surface area contributed by atoms with Gasteiger partial charge in [-0.05, 0) is 12.8 Å². The third kappa shape index (κ3) is 3.05. The molecule has 4 rings (SSSR count). The Morgan fingerprint density at radius 3 is 2.92 bits per heavy atom. The van der Waals surface area contributed by atoms with Crippen molar-refractivity contribution in [3.8, 4) is 11.4 Å². The highest BCUT2D eigenvalue weighted by molar-refractivity contribution is 5.95. The number of carbonyl (C=O) groups excluding carboxylic acids is 1. The molecule has 24 heavy (non-hydrogen) atoms. The number of rotatable bonds is 6. The topological polar surface area (TPSA) is 96.7 Å². The summed E-state index contributed by atoms with van der Waals surface area (Å²) in [4.78, 5) is 16.7. The maximum absolute atomic E-state index is 12.2. The van der Waals surface area contributed by atoms with Gasteiger partial charge in [0, 0.05) is 24.4 Å². The first-order valence-corrected chi connectivity index (χ1v) is 8.00. The summed E-state index contributed by atoms with van der Waals surface area (Å²) in [5.74, 6) is 1.63. The fraction of sp³-hybridized carbons (Fsp3) is 0.294. The van der Waals surface area contributed by atoms with Gasteiger partial charge in [-0.25, -0.2) is 4.98 Å². The van der Waals surface area contributed by atoms with Gasteiger partial charge in [0.2, 0.25) is 0 Å². The summed E-state index contributed by atoms with van der Waals surface area (Å²) in [6.07, 6.45) is 4.15. The van der Waals surface area contributed by atoms with Crippen LogP contribution in [0.1, 0.15) is 40.6 Å². The third-order valence-corrected chi connectivity index (χ3v) is 4.02. The highest BCUT2D eigenvalue weighted by atomic mass is 16.5. The van der Waals surface area contributed by atoms with Crippen LogP contribution < -0.4 is 5.32 Å². The van der Waals surface area contributed by atoms with E-state index < -0.39 is 0 Å². The molecule has 0 radical (unpaired) electrons. The zero-order valence-electron chi connectivity index (χ0n) is 13.0. The van der Waals surface area contributed by atoms with E-state index in [4.69, 9.17) is 4.52 Å². The van der Waals surface area contributed by atoms with Crippen LogP contribution in [0, 0.1) is 0 Å². The molecule has 1 aliphatic carbocycles. The monoisotopic (exact) mass is 323 g/mol. The first kappa shape index (κ1) is 14.6. The molecule has 0 spiro atoms. The Balaban J connectivity index is 1.33. The maximum Gasteiger partial charge on any atom is 0.256 e. The molecule has 0 atom stereocenters. The van der Waals surface area contributed by atoms with E-state index in [2.05, 4.69) is 25.7 Å². The number of nitrogens with zero attached hydrogens (tertiary/aromatic N) is 3. The number of carbonyl (C=O) groups is 1. The molecule has 122 valence electrons. The summed E-state index contributed by atoms with van der Waals surface area (Å²) in [5.41, 5.74) is 2.28. The van der Waals surface area contributed by atoms with Crippen LogP contribution in [0.3, 0.4) is 0 Å². The minimum absolute atomic E-state index is 0.152.